The van der Waals surface area contributed by atoms with Crippen molar-refractivity contribution in [3.05, 3.63) is 65.5 Å². The zero-order valence-electron chi connectivity index (χ0n) is 15.4. The monoisotopic (exact) mass is 384 g/mol. The number of anilines is 1. The van der Waals surface area contributed by atoms with Crippen molar-refractivity contribution in [3.63, 3.8) is 0 Å². The van der Waals surface area contributed by atoms with E-state index in [0.29, 0.717) is 17.9 Å². The summed E-state index contributed by atoms with van der Waals surface area (Å²) in [6.07, 6.45) is 0. The number of nitrogens with zero attached hydrogens (tertiary/aromatic N) is 2. The second-order valence-corrected chi connectivity index (χ2v) is 7.58. The molecule has 3 rings (SSSR count). The van der Waals surface area contributed by atoms with E-state index in [1.54, 1.807) is 31.3 Å². The van der Waals surface area contributed by atoms with Crippen LogP contribution in [0.2, 0.25) is 0 Å². The summed E-state index contributed by atoms with van der Waals surface area (Å²) < 4.78 is 17.5. The molecule has 2 aromatic carbocycles. The maximum Gasteiger partial charge on any atom is 0.251 e. The van der Waals surface area contributed by atoms with Crippen LogP contribution in [0.4, 0.5) is 9.52 Å². The third-order valence-corrected chi connectivity index (χ3v) is 5.04. The molecule has 3 aromatic rings. The van der Waals surface area contributed by atoms with Crippen LogP contribution in [0.1, 0.15) is 29.8 Å². The van der Waals surface area contributed by atoms with Gasteiger partial charge in [0.1, 0.15) is 5.82 Å². The first kappa shape index (κ1) is 19.0. The van der Waals surface area contributed by atoms with Gasteiger partial charge < -0.3 is 10.6 Å². The van der Waals surface area contributed by atoms with Gasteiger partial charge in [-0.1, -0.05) is 38.1 Å². The summed E-state index contributed by atoms with van der Waals surface area (Å²) in [6.45, 7) is 4.82. The lowest BCUT2D eigenvalue weighted by Crippen LogP contribution is -2.27. The van der Waals surface area contributed by atoms with Gasteiger partial charge in [-0.05, 0) is 29.8 Å². The second kappa shape index (κ2) is 7.84. The minimum Gasteiger partial charge on any atom is -0.359 e. The van der Waals surface area contributed by atoms with Crippen LogP contribution >= 0.6 is 11.5 Å². The van der Waals surface area contributed by atoms with Crippen LogP contribution in [0.5, 0.6) is 0 Å². The number of amides is 1. The third kappa shape index (κ3) is 4.49. The lowest BCUT2D eigenvalue weighted by Gasteiger charge is -2.25. The molecule has 0 aliphatic carbocycles. The summed E-state index contributed by atoms with van der Waals surface area (Å²) in [4.78, 5) is 16.1. The molecule has 2 N–H and O–H groups in total. The molecule has 0 aliphatic heterocycles. The molecule has 1 heterocycles. The van der Waals surface area contributed by atoms with Crippen molar-refractivity contribution in [2.75, 3.05) is 18.9 Å². The zero-order chi connectivity index (χ0) is 19.4. The number of carbonyl (C=O) groups excluding carboxylic acids is 1. The van der Waals surface area contributed by atoms with E-state index in [4.69, 9.17) is 0 Å². The first-order chi connectivity index (χ1) is 12.9. The fourth-order valence-electron chi connectivity index (χ4n) is 2.63. The summed E-state index contributed by atoms with van der Waals surface area (Å²) in [7, 11) is 1.60. The minimum atomic E-state index is -0.237. The summed E-state index contributed by atoms with van der Waals surface area (Å²) in [5, 5.41) is 6.63. The Bertz CT molecular complexity index is 920. The Kier molecular flexibility index (Phi) is 5.51. The quantitative estimate of drug-likeness (QED) is 0.672. The molecule has 1 amide bonds. The Hall–Kier alpha value is -2.80. The van der Waals surface area contributed by atoms with E-state index in [1.165, 1.54) is 23.7 Å². The minimum absolute atomic E-state index is 0.127. The van der Waals surface area contributed by atoms with Crippen molar-refractivity contribution in [1.82, 2.24) is 14.7 Å². The highest BCUT2D eigenvalue weighted by Gasteiger charge is 2.21. The number of carbonyl (C=O) groups is 1. The largest absolute Gasteiger partial charge is 0.359 e. The van der Waals surface area contributed by atoms with Gasteiger partial charge in [0.2, 0.25) is 5.13 Å². The first-order valence-electron chi connectivity index (χ1n) is 8.55. The molecule has 0 radical (unpaired) electrons. The highest BCUT2D eigenvalue weighted by molar-refractivity contribution is 7.09. The fourth-order valence-corrected chi connectivity index (χ4v) is 3.21. The number of halogens is 1. The Morgan fingerprint density at radius 3 is 2.41 bits per heavy atom. The van der Waals surface area contributed by atoms with Gasteiger partial charge in [0.25, 0.3) is 5.91 Å². The zero-order valence-corrected chi connectivity index (χ0v) is 16.2. The van der Waals surface area contributed by atoms with Crippen LogP contribution in [-0.2, 0) is 5.41 Å². The molecular formula is C20H21FN4OS. The van der Waals surface area contributed by atoms with Crippen LogP contribution < -0.4 is 10.6 Å². The predicted octanol–water partition coefficient (Wildman–Crippen LogP) is 4.09. The van der Waals surface area contributed by atoms with E-state index in [1.807, 2.05) is 12.1 Å². The van der Waals surface area contributed by atoms with Crippen molar-refractivity contribution in [3.8, 4) is 11.4 Å². The van der Waals surface area contributed by atoms with Crippen LogP contribution in [0.3, 0.4) is 0 Å². The van der Waals surface area contributed by atoms with Gasteiger partial charge in [0.15, 0.2) is 5.82 Å². The number of benzene rings is 2. The van der Waals surface area contributed by atoms with Gasteiger partial charge in [0.05, 0.1) is 0 Å². The van der Waals surface area contributed by atoms with Crippen molar-refractivity contribution >= 4 is 22.6 Å². The van der Waals surface area contributed by atoms with E-state index >= 15 is 0 Å². The summed E-state index contributed by atoms with van der Waals surface area (Å²) in [6, 6.07) is 13.7. The lowest BCUT2D eigenvalue weighted by molar-refractivity contribution is 0.0963. The van der Waals surface area contributed by atoms with Crippen LogP contribution in [-0.4, -0.2) is 28.9 Å². The van der Waals surface area contributed by atoms with E-state index in [9.17, 15) is 9.18 Å². The molecule has 5 nitrogen and oxygen atoms in total. The van der Waals surface area contributed by atoms with Crippen LogP contribution in [0.15, 0.2) is 48.5 Å². The Labute approximate surface area is 161 Å². The van der Waals surface area contributed by atoms with Crippen molar-refractivity contribution < 1.29 is 9.18 Å². The van der Waals surface area contributed by atoms with E-state index in [0.717, 1.165) is 16.3 Å². The van der Waals surface area contributed by atoms with E-state index < -0.39 is 0 Å². The fraction of sp³-hybridized carbons (Fsp3) is 0.250. The predicted molar refractivity (Wildman–Crippen MR) is 107 cm³/mol. The standard InChI is InChI=1S/C20H21FN4OS/c1-20(2,15-8-10-16(21)11-9-15)12-23-19-24-17(25-27-19)13-4-6-14(7-5-13)18(26)22-3/h4-11H,12H2,1-3H3,(H,22,26)(H,23,24,25). The van der Waals surface area contributed by atoms with E-state index in [2.05, 4.69) is 33.8 Å². The highest BCUT2D eigenvalue weighted by Crippen LogP contribution is 2.26. The molecule has 0 bridgehead atoms. The number of rotatable bonds is 6. The molecule has 7 heteroatoms. The van der Waals surface area contributed by atoms with E-state index in [-0.39, 0.29) is 17.1 Å². The second-order valence-electron chi connectivity index (χ2n) is 6.82. The molecule has 0 aliphatic rings. The van der Waals surface area contributed by atoms with Crippen molar-refractivity contribution in [2.45, 2.75) is 19.3 Å². The molecule has 1 aromatic heterocycles. The third-order valence-electron chi connectivity index (χ3n) is 4.37. The van der Waals surface area contributed by atoms with Crippen molar-refractivity contribution in [2.24, 2.45) is 0 Å². The van der Waals surface area contributed by atoms with Gasteiger partial charge in [-0.15, -0.1) is 0 Å². The maximum absolute atomic E-state index is 13.1. The first-order valence-corrected chi connectivity index (χ1v) is 9.32. The average Bonchev–Trinajstić information content (AvgIpc) is 3.15. The van der Waals surface area contributed by atoms with Crippen LogP contribution in [0.25, 0.3) is 11.4 Å². The molecule has 0 fully saturated rings. The number of nitrogens with one attached hydrogen (secondary N) is 2. The number of hydrogen-bond donors (Lipinski definition) is 2. The molecule has 27 heavy (non-hydrogen) atoms. The molecule has 0 saturated heterocycles. The highest BCUT2D eigenvalue weighted by atomic mass is 32.1. The molecule has 0 saturated carbocycles. The Morgan fingerprint density at radius 1 is 1.11 bits per heavy atom. The Balaban J connectivity index is 1.67. The SMILES string of the molecule is CNC(=O)c1ccc(-c2nsc(NCC(C)(C)c3ccc(F)cc3)n2)cc1. The lowest BCUT2D eigenvalue weighted by atomic mass is 9.85. The molecule has 140 valence electrons. The van der Waals surface area contributed by atoms with Gasteiger partial charge in [-0.2, -0.15) is 9.36 Å². The molecule has 0 spiro atoms. The normalized spacial score (nSPS) is 11.3. The van der Waals surface area contributed by atoms with Crippen LogP contribution in [0, 0.1) is 5.82 Å². The number of aromatic nitrogens is 2. The van der Waals surface area contributed by atoms with Gasteiger partial charge in [-0.25, -0.2) is 4.39 Å². The summed E-state index contributed by atoms with van der Waals surface area (Å²) in [5.74, 6) is 0.252. The number of hydrogen-bond acceptors (Lipinski definition) is 5. The topological polar surface area (TPSA) is 66.9 Å². The smallest absolute Gasteiger partial charge is 0.251 e. The molecule has 0 atom stereocenters. The van der Waals surface area contributed by atoms with Gasteiger partial charge in [0, 0.05) is 41.7 Å². The van der Waals surface area contributed by atoms with Gasteiger partial charge >= 0.3 is 0 Å². The maximum atomic E-state index is 13.1. The van der Waals surface area contributed by atoms with Crippen molar-refractivity contribution in [1.29, 1.82) is 0 Å². The average molecular weight is 384 g/mol. The summed E-state index contributed by atoms with van der Waals surface area (Å²) in [5.41, 5.74) is 2.31. The molecular weight excluding hydrogens is 363 g/mol. The van der Waals surface area contributed by atoms with Gasteiger partial charge in [-0.3, -0.25) is 4.79 Å². The Morgan fingerprint density at radius 2 is 1.78 bits per heavy atom. The molecule has 0 unspecified atom stereocenters. The summed E-state index contributed by atoms with van der Waals surface area (Å²) >= 11 is 1.29.